The predicted octanol–water partition coefficient (Wildman–Crippen LogP) is 5.98. The number of halogens is 2. The number of pyridine rings is 1. The number of allylic oxidation sites excluding steroid dienone is 3. The summed E-state index contributed by atoms with van der Waals surface area (Å²) in [7, 11) is 0. The lowest BCUT2D eigenvalue weighted by molar-refractivity contribution is -0.0635. The molecule has 5 rings (SSSR count). The molecule has 0 radical (unpaired) electrons. The molecule has 174 valence electrons. The van der Waals surface area contributed by atoms with E-state index in [-0.39, 0.29) is 0 Å². The molecule has 0 bridgehead atoms. The molecule has 3 unspecified atom stereocenters. The summed E-state index contributed by atoms with van der Waals surface area (Å²) in [5.41, 5.74) is 2.23. The van der Waals surface area contributed by atoms with Crippen molar-refractivity contribution >= 4 is 23.2 Å². The second-order valence-corrected chi connectivity index (χ2v) is 10.3. The molecule has 6 heteroatoms. The highest BCUT2D eigenvalue weighted by Gasteiger charge is 2.32. The molecule has 1 aliphatic carbocycles. The molecule has 3 aliphatic rings. The lowest BCUT2D eigenvalue weighted by Crippen LogP contribution is -2.50. The molecule has 1 aromatic carbocycles. The van der Waals surface area contributed by atoms with Gasteiger partial charge in [0.25, 0.3) is 0 Å². The van der Waals surface area contributed by atoms with E-state index in [0.29, 0.717) is 46.3 Å². The van der Waals surface area contributed by atoms with E-state index in [0.717, 1.165) is 44.8 Å². The number of nitrogens with zero attached hydrogens (tertiary/aromatic N) is 2. The zero-order valence-electron chi connectivity index (χ0n) is 18.7. The van der Waals surface area contributed by atoms with Gasteiger partial charge in [-0.05, 0) is 72.9 Å². The van der Waals surface area contributed by atoms with Crippen molar-refractivity contribution in [1.29, 1.82) is 0 Å². The van der Waals surface area contributed by atoms with E-state index >= 15 is 0 Å². The molecule has 1 aromatic heterocycles. The molecule has 33 heavy (non-hydrogen) atoms. The van der Waals surface area contributed by atoms with Crippen LogP contribution in [0.15, 0.2) is 60.8 Å². The van der Waals surface area contributed by atoms with Crippen LogP contribution in [-0.2, 0) is 17.8 Å². The number of rotatable bonds is 9. The van der Waals surface area contributed by atoms with Gasteiger partial charge in [-0.2, -0.15) is 0 Å². The second kappa shape index (κ2) is 10.6. The first-order valence-corrected chi connectivity index (χ1v) is 12.6. The Hall–Kier alpha value is -1.85. The third kappa shape index (κ3) is 5.99. The van der Waals surface area contributed by atoms with Crippen LogP contribution < -0.4 is 4.74 Å². The smallest absolute Gasteiger partial charge is 0.138 e. The predicted molar refractivity (Wildman–Crippen MR) is 133 cm³/mol. The fourth-order valence-corrected chi connectivity index (χ4v) is 5.45. The first-order valence-electron chi connectivity index (χ1n) is 11.8. The zero-order chi connectivity index (χ0) is 22.6. The highest BCUT2D eigenvalue weighted by molar-refractivity contribution is 6.35. The summed E-state index contributed by atoms with van der Waals surface area (Å²) < 4.78 is 11.5. The summed E-state index contributed by atoms with van der Waals surface area (Å²) in [6.07, 6.45) is 15.0. The van der Waals surface area contributed by atoms with Gasteiger partial charge in [-0.1, -0.05) is 47.5 Å². The third-order valence-corrected chi connectivity index (χ3v) is 7.41. The van der Waals surface area contributed by atoms with E-state index in [9.17, 15) is 0 Å². The summed E-state index contributed by atoms with van der Waals surface area (Å²) in [5, 5.41) is 1.11. The van der Waals surface area contributed by atoms with Crippen LogP contribution in [0.25, 0.3) is 0 Å². The van der Waals surface area contributed by atoms with Crippen molar-refractivity contribution < 1.29 is 9.47 Å². The van der Waals surface area contributed by atoms with Crippen molar-refractivity contribution in [3.8, 4) is 5.75 Å². The maximum atomic E-state index is 6.20. The van der Waals surface area contributed by atoms with E-state index < -0.39 is 0 Å². The topological polar surface area (TPSA) is 34.6 Å². The summed E-state index contributed by atoms with van der Waals surface area (Å²) in [6.45, 7) is 4.79. The number of aromatic nitrogens is 1. The van der Waals surface area contributed by atoms with Crippen LogP contribution in [-0.4, -0.2) is 42.2 Å². The Morgan fingerprint density at radius 1 is 1.06 bits per heavy atom. The van der Waals surface area contributed by atoms with Gasteiger partial charge in [0.05, 0.1) is 16.8 Å². The third-order valence-electron chi connectivity index (χ3n) is 6.88. The van der Waals surface area contributed by atoms with Crippen LogP contribution in [0.5, 0.6) is 5.75 Å². The van der Waals surface area contributed by atoms with Crippen LogP contribution in [0.3, 0.4) is 0 Å². The van der Waals surface area contributed by atoms with E-state index in [4.69, 9.17) is 32.7 Å². The minimum Gasteiger partial charge on any atom is -0.486 e. The molecule has 3 heterocycles. The van der Waals surface area contributed by atoms with Crippen molar-refractivity contribution in [3.05, 3.63) is 82.1 Å². The fraction of sp³-hybridized carbons (Fsp3) is 0.444. The van der Waals surface area contributed by atoms with Gasteiger partial charge in [0.1, 0.15) is 12.4 Å². The number of hydrogen-bond donors (Lipinski definition) is 0. The summed E-state index contributed by atoms with van der Waals surface area (Å²) in [6, 6.07) is 9.52. The SMILES string of the molecule is Clc1ccc(OCc2cc(CC3CN(CC4C=CC=CC4CC4CCO4)C3)ccn2)c(Cl)c1. The fourth-order valence-electron chi connectivity index (χ4n) is 4.99. The first-order chi connectivity index (χ1) is 16.1. The number of hydrogen-bond acceptors (Lipinski definition) is 4. The Balaban J connectivity index is 1.08. The average molecular weight is 485 g/mol. The maximum Gasteiger partial charge on any atom is 0.138 e. The molecular weight excluding hydrogens is 455 g/mol. The lowest BCUT2D eigenvalue weighted by atomic mass is 9.81. The first kappa shape index (κ1) is 22.9. The highest BCUT2D eigenvalue weighted by Crippen LogP contribution is 2.32. The summed E-state index contributed by atoms with van der Waals surface area (Å²) in [5.74, 6) is 2.53. The van der Waals surface area contributed by atoms with Crippen LogP contribution in [0, 0.1) is 17.8 Å². The normalized spacial score (nSPS) is 25.0. The average Bonchev–Trinajstić information content (AvgIpc) is 2.75. The van der Waals surface area contributed by atoms with Crippen molar-refractivity contribution in [2.45, 2.75) is 32.0 Å². The Labute approximate surface area is 206 Å². The van der Waals surface area contributed by atoms with Gasteiger partial charge in [-0.3, -0.25) is 4.98 Å². The Morgan fingerprint density at radius 3 is 2.64 bits per heavy atom. The van der Waals surface area contributed by atoms with Crippen LogP contribution in [0.2, 0.25) is 10.0 Å². The second-order valence-electron chi connectivity index (χ2n) is 9.42. The summed E-state index contributed by atoms with van der Waals surface area (Å²) in [4.78, 5) is 7.06. The Kier molecular flexibility index (Phi) is 7.37. The van der Waals surface area contributed by atoms with E-state index in [1.807, 2.05) is 6.20 Å². The summed E-state index contributed by atoms with van der Waals surface area (Å²) >= 11 is 12.2. The highest BCUT2D eigenvalue weighted by atomic mass is 35.5. The molecule has 0 N–H and O–H groups in total. The van der Waals surface area contributed by atoms with E-state index in [1.54, 1.807) is 18.2 Å². The molecule has 0 saturated carbocycles. The van der Waals surface area contributed by atoms with Crippen LogP contribution in [0.1, 0.15) is 24.1 Å². The minimum atomic E-state index is 0.389. The van der Waals surface area contributed by atoms with Gasteiger partial charge in [0, 0.05) is 37.5 Å². The molecule has 0 spiro atoms. The van der Waals surface area contributed by atoms with Gasteiger partial charge in [-0.25, -0.2) is 0 Å². The molecule has 2 fully saturated rings. The van der Waals surface area contributed by atoms with Crippen molar-refractivity contribution in [2.75, 3.05) is 26.2 Å². The van der Waals surface area contributed by atoms with Gasteiger partial charge in [0.2, 0.25) is 0 Å². The zero-order valence-corrected chi connectivity index (χ0v) is 20.2. The van der Waals surface area contributed by atoms with Crippen molar-refractivity contribution in [2.24, 2.45) is 17.8 Å². The van der Waals surface area contributed by atoms with Gasteiger partial charge in [-0.15, -0.1) is 0 Å². The molecule has 2 aromatic rings. The number of benzene rings is 1. The molecule has 2 saturated heterocycles. The molecule has 0 amide bonds. The van der Waals surface area contributed by atoms with E-state index in [1.165, 1.54) is 12.0 Å². The van der Waals surface area contributed by atoms with Gasteiger partial charge < -0.3 is 14.4 Å². The van der Waals surface area contributed by atoms with E-state index in [2.05, 4.69) is 46.3 Å². The number of ether oxygens (including phenoxy) is 2. The molecule has 3 atom stereocenters. The Morgan fingerprint density at radius 2 is 1.88 bits per heavy atom. The van der Waals surface area contributed by atoms with Crippen molar-refractivity contribution in [1.82, 2.24) is 9.88 Å². The quantitative estimate of drug-likeness (QED) is 0.438. The largest absolute Gasteiger partial charge is 0.486 e. The standard InChI is InChI=1S/C27H30Cl2N2O2/c28-23-5-6-27(26(29)14-23)33-18-24-12-19(7-9-30-24)11-20-15-31(16-20)17-22-4-2-1-3-21(22)13-25-8-10-32-25/h1-7,9,12,14,20-22,25H,8,10-11,13,15-18H2. The molecule has 4 nitrogen and oxygen atoms in total. The van der Waals surface area contributed by atoms with Crippen molar-refractivity contribution in [3.63, 3.8) is 0 Å². The van der Waals surface area contributed by atoms with Crippen LogP contribution >= 0.6 is 23.2 Å². The maximum absolute atomic E-state index is 6.20. The van der Waals surface area contributed by atoms with Gasteiger partial charge >= 0.3 is 0 Å². The monoisotopic (exact) mass is 484 g/mol. The van der Waals surface area contributed by atoms with Crippen LogP contribution in [0.4, 0.5) is 0 Å². The van der Waals surface area contributed by atoms with Gasteiger partial charge in [0.15, 0.2) is 0 Å². The molecule has 2 aliphatic heterocycles. The Bertz CT molecular complexity index is 1010. The number of likely N-dealkylation sites (tertiary alicyclic amines) is 1. The minimum absolute atomic E-state index is 0.389. The lowest BCUT2D eigenvalue weighted by Gasteiger charge is -2.43. The molecular formula is C27H30Cl2N2O2.